The standard InChI is InChI=1S/C26H36N2O3/c1-26(2,3)22-10-8-21(9-11-22)25(29)27-19-20-6-5-7-24(18-20)31-17-14-28(4)23-12-15-30-16-13-23/h5-11,18,23H,12-17,19H2,1-4H3,(H,27,29). The van der Waals surface area contributed by atoms with Crippen LogP contribution in [0.3, 0.4) is 0 Å². The molecule has 1 heterocycles. The molecule has 1 fully saturated rings. The zero-order valence-electron chi connectivity index (χ0n) is 19.3. The van der Waals surface area contributed by atoms with Crippen LogP contribution in [-0.2, 0) is 16.7 Å². The second kappa shape index (κ2) is 10.8. The summed E-state index contributed by atoms with van der Waals surface area (Å²) >= 11 is 0. The SMILES string of the molecule is CN(CCOc1cccc(CNC(=O)c2ccc(C(C)(C)C)cc2)c1)C1CCOCC1. The van der Waals surface area contributed by atoms with Gasteiger partial charge < -0.3 is 14.8 Å². The van der Waals surface area contributed by atoms with Crippen molar-refractivity contribution in [2.45, 2.75) is 51.6 Å². The van der Waals surface area contributed by atoms with Crippen molar-refractivity contribution in [2.75, 3.05) is 33.4 Å². The summed E-state index contributed by atoms with van der Waals surface area (Å²) in [5.41, 5.74) is 3.00. The summed E-state index contributed by atoms with van der Waals surface area (Å²) < 4.78 is 11.4. The van der Waals surface area contributed by atoms with Gasteiger partial charge >= 0.3 is 0 Å². The summed E-state index contributed by atoms with van der Waals surface area (Å²) in [6, 6.07) is 16.4. The Labute approximate surface area is 186 Å². The second-order valence-corrected chi connectivity index (χ2v) is 9.33. The van der Waals surface area contributed by atoms with Crippen molar-refractivity contribution in [3.05, 3.63) is 65.2 Å². The largest absolute Gasteiger partial charge is 0.492 e. The van der Waals surface area contributed by atoms with Crippen LogP contribution < -0.4 is 10.1 Å². The van der Waals surface area contributed by atoms with Crippen molar-refractivity contribution >= 4 is 5.91 Å². The Morgan fingerprint density at radius 2 is 1.84 bits per heavy atom. The molecule has 0 aliphatic carbocycles. The predicted molar refractivity (Wildman–Crippen MR) is 125 cm³/mol. The number of hydrogen-bond donors (Lipinski definition) is 1. The molecule has 0 aromatic heterocycles. The van der Waals surface area contributed by atoms with E-state index in [1.807, 2.05) is 48.5 Å². The number of benzene rings is 2. The molecule has 5 heteroatoms. The minimum Gasteiger partial charge on any atom is -0.492 e. The summed E-state index contributed by atoms with van der Waals surface area (Å²) in [5.74, 6) is 0.770. The second-order valence-electron chi connectivity index (χ2n) is 9.33. The average Bonchev–Trinajstić information content (AvgIpc) is 2.78. The smallest absolute Gasteiger partial charge is 0.251 e. The van der Waals surface area contributed by atoms with Crippen molar-refractivity contribution in [1.29, 1.82) is 0 Å². The molecule has 0 radical (unpaired) electrons. The normalized spacial score (nSPS) is 15.1. The van der Waals surface area contributed by atoms with Gasteiger partial charge in [0.25, 0.3) is 5.91 Å². The van der Waals surface area contributed by atoms with E-state index >= 15 is 0 Å². The van der Waals surface area contributed by atoms with Crippen LogP contribution in [0.15, 0.2) is 48.5 Å². The van der Waals surface area contributed by atoms with E-state index in [1.54, 1.807) is 0 Å². The van der Waals surface area contributed by atoms with Crippen molar-refractivity contribution in [2.24, 2.45) is 0 Å². The average molecular weight is 425 g/mol. The maximum absolute atomic E-state index is 12.5. The van der Waals surface area contributed by atoms with E-state index in [4.69, 9.17) is 9.47 Å². The van der Waals surface area contributed by atoms with E-state index < -0.39 is 0 Å². The fourth-order valence-corrected chi connectivity index (χ4v) is 3.77. The van der Waals surface area contributed by atoms with Gasteiger partial charge in [0.05, 0.1) is 0 Å². The third-order valence-electron chi connectivity index (χ3n) is 5.89. The molecule has 3 rings (SSSR count). The van der Waals surface area contributed by atoms with Gasteiger partial charge in [-0.2, -0.15) is 0 Å². The topological polar surface area (TPSA) is 50.8 Å². The Morgan fingerprint density at radius 3 is 2.52 bits per heavy atom. The molecule has 0 unspecified atom stereocenters. The highest BCUT2D eigenvalue weighted by molar-refractivity contribution is 5.94. The van der Waals surface area contributed by atoms with Gasteiger partial charge in [-0.25, -0.2) is 0 Å². The molecular formula is C26H36N2O3. The molecular weight excluding hydrogens is 388 g/mol. The predicted octanol–water partition coefficient (Wildman–Crippen LogP) is 4.40. The number of nitrogens with zero attached hydrogens (tertiary/aromatic N) is 1. The molecule has 1 aliphatic heterocycles. The molecule has 0 saturated carbocycles. The monoisotopic (exact) mass is 424 g/mol. The Hall–Kier alpha value is -2.37. The third kappa shape index (κ3) is 7.08. The van der Waals surface area contributed by atoms with Crippen LogP contribution in [0.4, 0.5) is 0 Å². The van der Waals surface area contributed by atoms with Gasteiger partial charge in [-0.1, -0.05) is 45.0 Å². The quantitative estimate of drug-likeness (QED) is 0.682. The van der Waals surface area contributed by atoms with E-state index in [0.29, 0.717) is 24.8 Å². The number of rotatable bonds is 8. The minimum absolute atomic E-state index is 0.0649. The number of carbonyl (C=O) groups excluding carboxylic acids is 1. The minimum atomic E-state index is -0.0649. The van der Waals surface area contributed by atoms with Gasteiger partial charge in [0.2, 0.25) is 0 Å². The number of ether oxygens (including phenoxy) is 2. The molecule has 1 aliphatic rings. The van der Waals surface area contributed by atoms with Gasteiger partial charge in [0, 0.05) is 37.9 Å². The Kier molecular flexibility index (Phi) is 8.10. The molecule has 0 atom stereocenters. The lowest BCUT2D eigenvalue weighted by Crippen LogP contribution is -2.38. The van der Waals surface area contributed by atoms with E-state index in [-0.39, 0.29) is 11.3 Å². The van der Waals surface area contributed by atoms with Gasteiger partial charge in [-0.3, -0.25) is 9.69 Å². The number of amides is 1. The van der Waals surface area contributed by atoms with E-state index in [0.717, 1.165) is 43.9 Å². The first-order valence-electron chi connectivity index (χ1n) is 11.2. The Balaban J connectivity index is 1.46. The highest BCUT2D eigenvalue weighted by Crippen LogP contribution is 2.22. The number of nitrogens with one attached hydrogen (secondary N) is 1. The highest BCUT2D eigenvalue weighted by atomic mass is 16.5. The molecule has 168 valence electrons. The first-order chi connectivity index (χ1) is 14.8. The highest BCUT2D eigenvalue weighted by Gasteiger charge is 2.18. The van der Waals surface area contributed by atoms with Crippen molar-refractivity contribution in [1.82, 2.24) is 10.2 Å². The molecule has 1 N–H and O–H groups in total. The summed E-state index contributed by atoms with van der Waals surface area (Å²) in [7, 11) is 2.15. The first kappa shape index (κ1) is 23.3. The lowest BCUT2D eigenvalue weighted by molar-refractivity contribution is 0.0392. The van der Waals surface area contributed by atoms with Crippen LogP contribution >= 0.6 is 0 Å². The molecule has 5 nitrogen and oxygen atoms in total. The number of hydrogen-bond acceptors (Lipinski definition) is 4. The van der Waals surface area contributed by atoms with E-state index in [9.17, 15) is 4.79 Å². The maximum Gasteiger partial charge on any atom is 0.251 e. The van der Waals surface area contributed by atoms with Crippen molar-refractivity contribution in [3.63, 3.8) is 0 Å². The fourth-order valence-electron chi connectivity index (χ4n) is 3.77. The molecule has 1 amide bonds. The Morgan fingerprint density at radius 1 is 1.13 bits per heavy atom. The number of likely N-dealkylation sites (N-methyl/N-ethyl adjacent to an activating group) is 1. The molecule has 2 aromatic carbocycles. The first-order valence-corrected chi connectivity index (χ1v) is 11.2. The summed E-state index contributed by atoms with van der Waals surface area (Å²) in [5, 5.41) is 3.00. The van der Waals surface area contributed by atoms with Crippen molar-refractivity contribution in [3.8, 4) is 5.75 Å². The lowest BCUT2D eigenvalue weighted by Gasteiger charge is -2.31. The zero-order valence-corrected chi connectivity index (χ0v) is 19.3. The van der Waals surface area contributed by atoms with Crippen LogP contribution in [0.5, 0.6) is 5.75 Å². The summed E-state index contributed by atoms with van der Waals surface area (Å²) in [6.45, 7) is 10.2. The zero-order chi connectivity index (χ0) is 22.3. The van der Waals surface area contributed by atoms with Gasteiger partial charge in [-0.15, -0.1) is 0 Å². The summed E-state index contributed by atoms with van der Waals surface area (Å²) in [4.78, 5) is 14.9. The van der Waals surface area contributed by atoms with Crippen LogP contribution in [0.1, 0.15) is 55.1 Å². The van der Waals surface area contributed by atoms with E-state index in [1.165, 1.54) is 5.56 Å². The maximum atomic E-state index is 12.5. The molecule has 0 spiro atoms. The van der Waals surface area contributed by atoms with Crippen LogP contribution in [0, 0.1) is 0 Å². The third-order valence-corrected chi connectivity index (χ3v) is 5.89. The molecule has 2 aromatic rings. The van der Waals surface area contributed by atoms with Crippen LogP contribution in [-0.4, -0.2) is 50.3 Å². The van der Waals surface area contributed by atoms with Crippen molar-refractivity contribution < 1.29 is 14.3 Å². The van der Waals surface area contributed by atoms with Crippen LogP contribution in [0.2, 0.25) is 0 Å². The summed E-state index contributed by atoms with van der Waals surface area (Å²) in [6.07, 6.45) is 2.18. The van der Waals surface area contributed by atoms with E-state index in [2.05, 4.69) is 38.0 Å². The van der Waals surface area contributed by atoms with Crippen LogP contribution in [0.25, 0.3) is 0 Å². The van der Waals surface area contributed by atoms with Gasteiger partial charge in [-0.05, 0) is 60.7 Å². The number of carbonyl (C=O) groups is 1. The molecule has 1 saturated heterocycles. The Bertz CT molecular complexity index is 836. The van der Waals surface area contributed by atoms with Gasteiger partial charge in [0.1, 0.15) is 12.4 Å². The molecule has 31 heavy (non-hydrogen) atoms. The fraction of sp³-hybridized carbons (Fsp3) is 0.500. The molecule has 0 bridgehead atoms. The van der Waals surface area contributed by atoms with Gasteiger partial charge in [0.15, 0.2) is 0 Å². The lowest BCUT2D eigenvalue weighted by atomic mass is 9.87.